The van der Waals surface area contributed by atoms with Crippen LogP contribution >= 0.6 is 0 Å². The second kappa shape index (κ2) is 6.85. The van der Waals surface area contributed by atoms with Gasteiger partial charge < -0.3 is 10.1 Å². The molecule has 0 bridgehead atoms. The molecule has 1 fully saturated rings. The zero-order valence-corrected chi connectivity index (χ0v) is 12.3. The molecule has 19 heavy (non-hydrogen) atoms. The van der Waals surface area contributed by atoms with E-state index in [2.05, 4.69) is 29.1 Å². The molecule has 0 radical (unpaired) electrons. The number of hydrogen-bond donors (Lipinski definition) is 1. The smallest absolute Gasteiger partial charge is 0.316 e. The van der Waals surface area contributed by atoms with Gasteiger partial charge in [0.2, 0.25) is 0 Å². The molecule has 0 amide bonds. The van der Waals surface area contributed by atoms with Crippen LogP contribution in [0.4, 0.5) is 0 Å². The Bertz CT molecular complexity index is 400. The second-order valence-corrected chi connectivity index (χ2v) is 5.68. The Labute approximate surface area is 116 Å². The predicted molar refractivity (Wildman–Crippen MR) is 76.2 cm³/mol. The molecule has 0 aliphatic heterocycles. The van der Waals surface area contributed by atoms with Crippen molar-refractivity contribution in [2.24, 2.45) is 0 Å². The SMILES string of the molecule is Cc1nc(OC2CCCCC2)ncc1CNC(C)C. The molecule has 1 aromatic heterocycles. The zero-order chi connectivity index (χ0) is 13.7. The summed E-state index contributed by atoms with van der Waals surface area (Å²) in [4.78, 5) is 8.81. The van der Waals surface area contributed by atoms with Crippen LogP contribution in [0.5, 0.6) is 6.01 Å². The fourth-order valence-electron chi connectivity index (χ4n) is 2.35. The summed E-state index contributed by atoms with van der Waals surface area (Å²) in [5.41, 5.74) is 2.15. The summed E-state index contributed by atoms with van der Waals surface area (Å²) in [7, 11) is 0. The van der Waals surface area contributed by atoms with E-state index in [0.717, 1.165) is 30.6 Å². The van der Waals surface area contributed by atoms with Crippen molar-refractivity contribution in [3.63, 3.8) is 0 Å². The molecule has 106 valence electrons. The molecule has 0 atom stereocenters. The average Bonchev–Trinajstić information content (AvgIpc) is 2.39. The minimum atomic E-state index is 0.313. The molecular formula is C15H25N3O. The topological polar surface area (TPSA) is 47.0 Å². The number of rotatable bonds is 5. The molecule has 0 unspecified atom stereocenters. The first-order valence-electron chi connectivity index (χ1n) is 7.37. The van der Waals surface area contributed by atoms with Gasteiger partial charge in [-0.1, -0.05) is 20.3 Å². The molecule has 0 saturated heterocycles. The molecule has 1 aliphatic carbocycles. The molecular weight excluding hydrogens is 238 g/mol. The summed E-state index contributed by atoms with van der Waals surface area (Å²) in [6.07, 6.45) is 8.33. The summed E-state index contributed by atoms with van der Waals surface area (Å²) in [5, 5.41) is 3.38. The average molecular weight is 263 g/mol. The van der Waals surface area contributed by atoms with E-state index in [1.54, 1.807) is 0 Å². The van der Waals surface area contributed by atoms with Gasteiger partial charge in [-0.3, -0.25) is 0 Å². The lowest BCUT2D eigenvalue weighted by Crippen LogP contribution is -2.23. The number of nitrogens with zero attached hydrogens (tertiary/aromatic N) is 2. The Balaban J connectivity index is 1.93. The van der Waals surface area contributed by atoms with Gasteiger partial charge in [0.15, 0.2) is 0 Å². The lowest BCUT2D eigenvalue weighted by molar-refractivity contribution is 0.141. The second-order valence-electron chi connectivity index (χ2n) is 5.68. The third kappa shape index (κ3) is 4.46. The Kier molecular flexibility index (Phi) is 5.14. The van der Waals surface area contributed by atoms with E-state index in [1.807, 2.05) is 13.1 Å². The van der Waals surface area contributed by atoms with Gasteiger partial charge in [0.05, 0.1) is 0 Å². The number of aromatic nitrogens is 2. The van der Waals surface area contributed by atoms with Crippen LogP contribution < -0.4 is 10.1 Å². The number of nitrogens with one attached hydrogen (secondary N) is 1. The zero-order valence-electron chi connectivity index (χ0n) is 12.3. The Morgan fingerprint density at radius 1 is 1.32 bits per heavy atom. The first-order valence-corrected chi connectivity index (χ1v) is 7.37. The quantitative estimate of drug-likeness (QED) is 0.887. The van der Waals surface area contributed by atoms with E-state index in [4.69, 9.17) is 4.74 Å². The molecule has 1 saturated carbocycles. The van der Waals surface area contributed by atoms with Crippen LogP contribution in [-0.4, -0.2) is 22.1 Å². The standard InChI is InChI=1S/C15H25N3O/c1-11(2)16-9-13-10-17-15(18-12(13)3)19-14-7-5-4-6-8-14/h10-11,14,16H,4-9H2,1-3H3. The molecule has 4 nitrogen and oxygen atoms in total. The third-order valence-electron chi connectivity index (χ3n) is 3.58. The van der Waals surface area contributed by atoms with Crippen molar-refractivity contribution in [1.82, 2.24) is 15.3 Å². The minimum absolute atomic E-state index is 0.313. The van der Waals surface area contributed by atoms with Gasteiger partial charge in [-0.05, 0) is 32.6 Å². The largest absolute Gasteiger partial charge is 0.460 e. The van der Waals surface area contributed by atoms with Crippen LogP contribution in [0.2, 0.25) is 0 Å². The highest BCUT2D eigenvalue weighted by molar-refractivity contribution is 5.17. The molecule has 2 rings (SSSR count). The molecule has 1 aliphatic rings. The van der Waals surface area contributed by atoms with E-state index < -0.39 is 0 Å². The van der Waals surface area contributed by atoms with E-state index in [0.29, 0.717) is 18.2 Å². The Morgan fingerprint density at radius 3 is 2.68 bits per heavy atom. The van der Waals surface area contributed by atoms with Gasteiger partial charge in [0.1, 0.15) is 6.10 Å². The minimum Gasteiger partial charge on any atom is -0.460 e. The molecule has 0 aromatic carbocycles. The van der Waals surface area contributed by atoms with Crippen LogP contribution in [0.3, 0.4) is 0 Å². The maximum atomic E-state index is 5.87. The Morgan fingerprint density at radius 2 is 2.05 bits per heavy atom. The van der Waals surface area contributed by atoms with E-state index in [9.17, 15) is 0 Å². The van der Waals surface area contributed by atoms with Crippen molar-refractivity contribution in [3.8, 4) is 6.01 Å². The number of hydrogen-bond acceptors (Lipinski definition) is 4. The molecule has 4 heteroatoms. The van der Waals surface area contributed by atoms with Gasteiger partial charge in [-0.25, -0.2) is 9.97 Å². The Hall–Kier alpha value is -1.16. The molecule has 1 heterocycles. The van der Waals surface area contributed by atoms with Crippen molar-refractivity contribution >= 4 is 0 Å². The first-order chi connectivity index (χ1) is 9.15. The third-order valence-corrected chi connectivity index (χ3v) is 3.58. The van der Waals surface area contributed by atoms with Crippen molar-refractivity contribution in [2.45, 2.75) is 71.6 Å². The van der Waals surface area contributed by atoms with Crippen LogP contribution in [0, 0.1) is 6.92 Å². The summed E-state index contributed by atoms with van der Waals surface area (Å²) in [6, 6.07) is 1.01. The summed E-state index contributed by atoms with van der Waals surface area (Å²) in [6.45, 7) is 7.10. The highest BCUT2D eigenvalue weighted by atomic mass is 16.5. The summed E-state index contributed by atoms with van der Waals surface area (Å²) >= 11 is 0. The maximum absolute atomic E-state index is 5.87. The summed E-state index contributed by atoms with van der Waals surface area (Å²) in [5.74, 6) is 0. The highest BCUT2D eigenvalue weighted by Crippen LogP contribution is 2.21. The summed E-state index contributed by atoms with van der Waals surface area (Å²) < 4.78 is 5.87. The number of aryl methyl sites for hydroxylation is 1. The van der Waals surface area contributed by atoms with Gasteiger partial charge in [-0.15, -0.1) is 0 Å². The van der Waals surface area contributed by atoms with Crippen LogP contribution in [0.15, 0.2) is 6.20 Å². The maximum Gasteiger partial charge on any atom is 0.316 e. The number of ether oxygens (including phenoxy) is 1. The van der Waals surface area contributed by atoms with Crippen LogP contribution in [0.25, 0.3) is 0 Å². The van der Waals surface area contributed by atoms with E-state index in [1.165, 1.54) is 19.3 Å². The van der Waals surface area contributed by atoms with Crippen molar-refractivity contribution in [3.05, 3.63) is 17.5 Å². The van der Waals surface area contributed by atoms with Crippen LogP contribution in [0.1, 0.15) is 57.2 Å². The van der Waals surface area contributed by atoms with Gasteiger partial charge >= 0.3 is 6.01 Å². The van der Waals surface area contributed by atoms with Crippen LogP contribution in [-0.2, 0) is 6.54 Å². The van der Waals surface area contributed by atoms with Gasteiger partial charge in [0.25, 0.3) is 0 Å². The molecule has 0 spiro atoms. The molecule has 1 N–H and O–H groups in total. The van der Waals surface area contributed by atoms with Gasteiger partial charge in [-0.2, -0.15) is 0 Å². The lowest BCUT2D eigenvalue weighted by atomic mass is 9.98. The highest BCUT2D eigenvalue weighted by Gasteiger charge is 2.16. The normalized spacial score (nSPS) is 16.8. The van der Waals surface area contributed by atoms with E-state index in [-0.39, 0.29) is 0 Å². The predicted octanol–water partition coefficient (Wildman–Crippen LogP) is 2.99. The van der Waals surface area contributed by atoms with Crippen molar-refractivity contribution in [1.29, 1.82) is 0 Å². The molecule has 1 aromatic rings. The van der Waals surface area contributed by atoms with E-state index >= 15 is 0 Å². The first kappa shape index (κ1) is 14.3. The van der Waals surface area contributed by atoms with Crippen molar-refractivity contribution < 1.29 is 4.74 Å². The van der Waals surface area contributed by atoms with Crippen molar-refractivity contribution in [2.75, 3.05) is 0 Å². The lowest BCUT2D eigenvalue weighted by Gasteiger charge is -2.22. The monoisotopic (exact) mass is 263 g/mol. The fourth-order valence-corrected chi connectivity index (χ4v) is 2.35. The van der Waals surface area contributed by atoms with Gasteiger partial charge in [0, 0.05) is 30.0 Å². The fraction of sp³-hybridized carbons (Fsp3) is 0.733.